The van der Waals surface area contributed by atoms with Gasteiger partial charge in [0.25, 0.3) is 5.91 Å². The molecule has 1 unspecified atom stereocenters. The van der Waals surface area contributed by atoms with Gasteiger partial charge in [-0.05, 0) is 69.6 Å². The minimum atomic E-state index is -0.944. The standard InChI is InChI=1S/C25H35N3O4/c1-25(24(29)28-13-11-27(12-14-28)17-18-7-8-18)16-21(26-32-25)19-9-10-22(30-2)23(15-19)31-20-5-3-4-6-20/h9-10,15,18,20H,3-8,11-14,16-17H2,1-2H3. The Morgan fingerprint density at radius 2 is 1.88 bits per heavy atom. The largest absolute Gasteiger partial charge is 0.493 e. The summed E-state index contributed by atoms with van der Waals surface area (Å²) in [5.74, 6) is 2.39. The molecule has 0 aromatic heterocycles. The molecule has 0 spiro atoms. The van der Waals surface area contributed by atoms with Gasteiger partial charge >= 0.3 is 0 Å². The van der Waals surface area contributed by atoms with Crippen molar-refractivity contribution < 1.29 is 19.1 Å². The molecule has 1 aromatic carbocycles. The maximum Gasteiger partial charge on any atom is 0.269 e. The maximum atomic E-state index is 13.3. The lowest BCUT2D eigenvalue weighted by Crippen LogP contribution is -2.55. The van der Waals surface area contributed by atoms with Crippen LogP contribution in [0.1, 0.15) is 57.4 Å². The van der Waals surface area contributed by atoms with Crippen molar-refractivity contribution in [2.75, 3.05) is 39.8 Å². The molecule has 0 N–H and O–H groups in total. The Morgan fingerprint density at radius 3 is 2.56 bits per heavy atom. The maximum absolute atomic E-state index is 13.3. The summed E-state index contributed by atoms with van der Waals surface area (Å²) >= 11 is 0. The molecule has 1 saturated heterocycles. The highest BCUT2D eigenvalue weighted by Crippen LogP contribution is 2.35. The van der Waals surface area contributed by atoms with Gasteiger partial charge in [0.1, 0.15) is 0 Å². The van der Waals surface area contributed by atoms with Crippen LogP contribution in [-0.4, -0.2) is 73.0 Å². The van der Waals surface area contributed by atoms with Gasteiger partial charge in [-0.2, -0.15) is 0 Å². The number of methoxy groups -OCH3 is 1. The SMILES string of the molecule is COc1ccc(C2=NOC(C)(C(=O)N3CCN(CC4CC4)CC3)C2)cc1OC1CCCC1. The highest BCUT2D eigenvalue weighted by molar-refractivity contribution is 6.05. The number of benzene rings is 1. The number of hydrogen-bond donors (Lipinski definition) is 0. The van der Waals surface area contributed by atoms with Crippen molar-refractivity contribution in [3.63, 3.8) is 0 Å². The third kappa shape index (κ3) is 4.58. The Labute approximate surface area is 190 Å². The lowest BCUT2D eigenvalue weighted by molar-refractivity contribution is -0.155. The molecule has 32 heavy (non-hydrogen) atoms. The normalized spacial score (nSPS) is 26.7. The zero-order valence-corrected chi connectivity index (χ0v) is 19.3. The van der Waals surface area contributed by atoms with Crippen molar-refractivity contribution in [3.8, 4) is 11.5 Å². The summed E-state index contributed by atoms with van der Waals surface area (Å²) in [4.78, 5) is 23.5. The third-order valence-electron chi connectivity index (χ3n) is 7.28. The minimum Gasteiger partial charge on any atom is -0.493 e. The molecule has 4 aliphatic rings. The molecule has 5 rings (SSSR count). The molecule has 0 bridgehead atoms. The number of hydrogen-bond acceptors (Lipinski definition) is 6. The van der Waals surface area contributed by atoms with Gasteiger partial charge < -0.3 is 19.2 Å². The van der Waals surface area contributed by atoms with E-state index in [4.69, 9.17) is 14.3 Å². The minimum absolute atomic E-state index is 0.0401. The molecule has 1 amide bonds. The van der Waals surface area contributed by atoms with Crippen molar-refractivity contribution in [1.29, 1.82) is 0 Å². The summed E-state index contributed by atoms with van der Waals surface area (Å²) < 4.78 is 11.7. The van der Waals surface area contributed by atoms with E-state index in [0.717, 1.165) is 67.7 Å². The first kappa shape index (κ1) is 21.6. The average Bonchev–Trinajstić information content (AvgIpc) is 3.30. The second kappa shape index (κ2) is 8.93. The average molecular weight is 442 g/mol. The van der Waals surface area contributed by atoms with E-state index < -0.39 is 5.60 Å². The Hall–Kier alpha value is -2.28. The van der Waals surface area contributed by atoms with E-state index in [-0.39, 0.29) is 12.0 Å². The number of oxime groups is 1. The zero-order chi connectivity index (χ0) is 22.1. The van der Waals surface area contributed by atoms with Crippen molar-refractivity contribution in [3.05, 3.63) is 23.8 Å². The van der Waals surface area contributed by atoms with E-state index in [0.29, 0.717) is 6.42 Å². The van der Waals surface area contributed by atoms with Crippen LogP contribution in [0.2, 0.25) is 0 Å². The molecule has 1 aromatic rings. The van der Waals surface area contributed by atoms with Gasteiger partial charge in [0.2, 0.25) is 5.60 Å². The number of nitrogens with zero attached hydrogens (tertiary/aromatic N) is 3. The molecule has 3 fully saturated rings. The first-order valence-electron chi connectivity index (χ1n) is 12.2. The van der Waals surface area contributed by atoms with Gasteiger partial charge in [0.15, 0.2) is 11.5 Å². The highest BCUT2D eigenvalue weighted by Gasteiger charge is 2.45. The third-order valence-corrected chi connectivity index (χ3v) is 7.28. The highest BCUT2D eigenvalue weighted by atomic mass is 16.7. The Kier molecular flexibility index (Phi) is 6.01. The van der Waals surface area contributed by atoms with E-state index in [1.54, 1.807) is 7.11 Å². The molecule has 174 valence electrons. The van der Waals surface area contributed by atoms with Gasteiger partial charge in [0.05, 0.1) is 18.9 Å². The summed E-state index contributed by atoms with van der Waals surface area (Å²) in [6, 6.07) is 5.86. The number of amides is 1. The summed E-state index contributed by atoms with van der Waals surface area (Å²) in [6.07, 6.45) is 8.02. The van der Waals surface area contributed by atoms with E-state index >= 15 is 0 Å². The van der Waals surface area contributed by atoms with Gasteiger partial charge in [-0.1, -0.05) is 5.16 Å². The fourth-order valence-corrected chi connectivity index (χ4v) is 5.08. The van der Waals surface area contributed by atoms with E-state index in [1.807, 2.05) is 30.0 Å². The molecular weight excluding hydrogens is 406 g/mol. The van der Waals surface area contributed by atoms with E-state index in [1.165, 1.54) is 32.2 Å². The van der Waals surface area contributed by atoms with Crippen LogP contribution in [0.3, 0.4) is 0 Å². The molecule has 7 heteroatoms. The van der Waals surface area contributed by atoms with Crippen LogP contribution in [0.5, 0.6) is 11.5 Å². The fourth-order valence-electron chi connectivity index (χ4n) is 5.08. The Morgan fingerprint density at radius 1 is 1.12 bits per heavy atom. The van der Waals surface area contributed by atoms with Crippen molar-refractivity contribution in [2.45, 2.75) is 63.6 Å². The van der Waals surface area contributed by atoms with Gasteiger partial charge in [0, 0.05) is 44.7 Å². The smallest absolute Gasteiger partial charge is 0.269 e. The summed E-state index contributed by atoms with van der Waals surface area (Å²) in [7, 11) is 1.66. The zero-order valence-electron chi connectivity index (χ0n) is 19.3. The van der Waals surface area contributed by atoms with Crippen LogP contribution >= 0.6 is 0 Å². The quantitative estimate of drug-likeness (QED) is 0.649. The summed E-state index contributed by atoms with van der Waals surface area (Å²) in [5.41, 5.74) is 0.761. The molecule has 2 heterocycles. The Balaban J connectivity index is 1.22. The lowest BCUT2D eigenvalue weighted by atomic mass is 9.94. The predicted molar refractivity (Wildman–Crippen MR) is 122 cm³/mol. The van der Waals surface area contributed by atoms with Crippen LogP contribution < -0.4 is 9.47 Å². The first-order valence-corrected chi connectivity index (χ1v) is 12.2. The topological polar surface area (TPSA) is 63.6 Å². The van der Waals surface area contributed by atoms with Crippen molar-refractivity contribution >= 4 is 11.6 Å². The first-order chi connectivity index (χ1) is 15.5. The van der Waals surface area contributed by atoms with Gasteiger partial charge in [-0.15, -0.1) is 0 Å². The number of ether oxygens (including phenoxy) is 2. The monoisotopic (exact) mass is 441 g/mol. The molecule has 2 saturated carbocycles. The summed E-state index contributed by atoms with van der Waals surface area (Å²) in [5, 5.41) is 4.33. The number of carbonyl (C=O) groups is 1. The van der Waals surface area contributed by atoms with Crippen LogP contribution in [0.15, 0.2) is 23.4 Å². The Bertz CT molecular complexity index is 870. The molecular formula is C25H35N3O4. The van der Waals surface area contributed by atoms with Crippen molar-refractivity contribution in [1.82, 2.24) is 9.80 Å². The van der Waals surface area contributed by atoms with E-state index in [9.17, 15) is 4.79 Å². The molecule has 7 nitrogen and oxygen atoms in total. The number of carbonyl (C=O) groups excluding carboxylic acids is 1. The number of rotatable bonds is 7. The summed E-state index contributed by atoms with van der Waals surface area (Å²) in [6.45, 7) is 6.48. The van der Waals surface area contributed by atoms with Crippen LogP contribution in [0.25, 0.3) is 0 Å². The van der Waals surface area contributed by atoms with Crippen LogP contribution in [0, 0.1) is 5.92 Å². The second-order valence-corrected chi connectivity index (χ2v) is 9.96. The van der Waals surface area contributed by atoms with Gasteiger partial charge in [-0.25, -0.2) is 0 Å². The van der Waals surface area contributed by atoms with Crippen molar-refractivity contribution in [2.24, 2.45) is 11.1 Å². The predicted octanol–water partition coefficient (Wildman–Crippen LogP) is 3.45. The van der Waals surface area contributed by atoms with Gasteiger partial charge in [-0.3, -0.25) is 9.69 Å². The molecule has 2 aliphatic heterocycles. The second-order valence-electron chi connectivity index (χ2n) is 9.96. The van der Waals surface area contributed by atoms with Crippen LogP contribution in [0.4, 0.5) is 0 Å². The van der Waals surface area contributed by atoms with E-state index in [2.05, 4.69) is 10.1 Å². The van der Waals surface area contributed by atoms with Crippen LogP contribution in [-0.2, 0) is 9.63 Å². The molecule has 1 atom stereocenters. The lowest BCUT2D eigenvalue weighted by Gasteiger charge is -2.37. The molecule has 0 radical (unpaired) electrons. The molecule has 2 aliphatic carbocycles. The fraction of sp³-hybridized carbons (Fsp3) is 0.680. The number of piperazine rings is 1.